The average molecular weight is 256 g/mol. The van der Waals surface area contributed by atoms with Gasteiger partial charge >= 0.3 is 0 Å². The molecule has 0 fully saturated rings. The van der Waals surface area contributed by atoms with Crippen molar-refractivity contribution in [2.45, 2.75) is 19.8 Å². The Morgan fingerprint density at radius 3 is 2.32 bits per heavy atom. The Bertz CT molecular complexity index is 588. The Kier molecular flexibility index (Phi) is 3.85. The predicted molar refractivity (Wildman–Crippen MR) is 73.6 cm³/mol. The molecule has 2 aromatic carbocycles. The van der Waals surface area contributed by atoms with Crippen molar-refractivity contribution in [1.29, 1.82) is 0 Å². The van der Waals surface area contributed by atoms with Crippen LogP contribution in [0.2, 0.25) is 0 Å². The highest BCUT2D eigenvalue weighted by atomic mass is 16.3. The molecule has 98 valence electrons. The first-order valence-corrected chi connectivity index (χ1v) is 6.17. The topological polar surface area (TPSA) is 57.5 Å². The molecule has 2 rings (SSSR count). The number of ketones is 1. The van der Waals surface area contributed by atoms with Gasteiger partial charge in [0.1, 0.15) is 11.5 Å². The molecule has 0 radical (unpaired) electrons. The van der Waals surface area contributed by atoms with Crippen LogP contribution in [0.1, 0.15) is 28.4 Å². The lowest BCUT2D eigenvalue weighted by molar-refractivity contribution is 0.101. The number of hydrogen-bond acceptors (Lipinski definition) is 3. The van der Waals surface area contributed by atoms with Crippen LogP contribution in [-0.2, 0) is 12.8 Å². The molecule has 2 N–H and O–H groups in total. The number of hydrogen-bond donors (Lipinski definition) is 2. The van der Waals surface area contributed by atoms with Gasteiger partial charge in [-0.25, -0.2) is 0 Å². The lowest BCUT2D eigenvalue weighted by Crippen LogP contribution is -1.97. The first-order valence-electron chi connectivity index (χ1n) is 6.17. The molecule has 3 nitrogen and oxygen atoms in total. The first-order chi connectivity index (χ1) is 9.08. The number of aryl methyl sites for hydroxylation is 2. The molecule has 0 aliphatic carbocycles. The first kappa shape index (κ1) is 13.1. The maximum atomic E-state index is 11.4. The number of carbonyl (C=O) groups excluding carboxylic acids is 1. The predicted octanol–water partition coefficient (Wildman–Crippen LogP) is 3.09. The van der Waals surface area contributed by atoms with E-state index in [2.05, 4.69) is 0 Å². The van der Waals surface area contributed by atoms with Crippen LogP contribution in [0.15, 0.2) is 42.5 Å². The number of Topliss-reactive ketones (excluding diaryl/α,β-unsaturated/α-hetero) is 1. The summed E-state index contributed by atoms with van der Waals surface area (Å²) in [5.41, 5.74) is 2.09. The lowest BCUT2D eigenvalue weighted by Gasteiger charge is -2.08. The molecule has 0 unspecified atom stereocenters. The number of rotatable bonds is 4. The van der Waals surface area contributed by atoms with Crippen molar-refractivity contribution in [3.63, 3.8) is 0 Å². The van der Waals surface area contributed by atoms with Crippen molar-refractivity contribution in [3.05, 3.63) is 59.2 Å². The zero-order valence-electron chi connectivity index (χ0n) is 10.8. The van der Waals surface area contributed by atoms with Gasteiger partial charge in [-0.15, -0.1) is 0 Å². The highest BCUT2D eigenvalue weighted by Gasteiger charge is 2.11. The second-order valence-electron chi connectivity index (χ2n) is 4.54. The Morgan fingerprint density at radius 2 is 1.68 bits per heavy atom. The minimum absolute atomic E-state index is 0.0263. The number of phenolic OH excluding ortho intramolecular Hbond substituents is 2. The molecule has 19 heavy (non-hydrogen) atoms. The Hall–Kier alpha value is -2.29. The van der Waals surface area contributed by atoms with E-state index in [1.165, 1.54) is 18.6 Å². The minimum atomic E-state index is -0.210. The summed E-state index contributed by atoms with van der Waals surface area (Å²) in [6.45, 7) is 1.40. The maximum Gasteiger partial charge on any atom is 0.163 e. The van der Waals surface area contributed by atoms with Gasteiger partial charge in [-0.1, -0.05) is 30.3 Å². The molecule has 0 saturated heterocycles. The molecule has 0 saturated carbocycles. The van der Waals surface area contributed by atoms with Crippen molar-refractivity contribution in [2.75, 3.05) is 0 Å². The standard InChI is InChI=1S/C16H16O3/c1-11(17)14-9-13(15(18)10-16(14)19)8-7-12-5-3-2-4-6-12/h2-6,9-10,18-19H,7-8H2,1H3. The SMILES string of the molecule is CC(=O)c1cc(CCc2ccccc2)c(O)cc1O. The highest BCUT2D eigenvalue weighted by molar-refractivity contribution is 5.97. The normalized spacial score (nSPS) is 10.4. The van der Waals surface area contributed by atoms with Crippen LogP contribution in [0, 0.1) is 0 Å². The van der Waals surface area contributed by atoms with E-state index in [4.69, 9.17) is 0 Å². The third kappa shape index (κ3) is 3.13. The fourth-order valence-electron chi connectivity index (χ4n) is 2.03. The van der Waals surface area contributed by atoms with Gasteiger partial charge in [-0.3, -0.25) is 4.79 Å². The van der Waals surface area contributed by atoms with Crippen LogP contribution < -0.4 is 0 Å². The van der Waals surface area contributed by atoms with Crippen molar-refractivity contribution >= 4 is 5.78 Å². The molecule has 0 spiro atoms. The second kappa shape index (κ2) is 5.57. The Labute approximate surface area is 112 Å². The quantitative estimate of drug-likeness (QED) is 0.826. The van der Waals surface area contributed by atoms with E-state index in [9.17, 15) is 15.0 Å². The van der Waals surface area contributed by atoms with Crippen LogP contribution in [0.5, 0.6) is 11.5 Å². The zero-order chi connectivity index (χ0) is 13.8. The second-order valence-corrected chi connectivity index (χ2v) is 4.54. The summed E-state index contributed by atoms with van der Waals surface area (Å²) in [5.74, 6) is -0.356. The molecular formula is C16H16O3. The molecular weight excluding hydrogens is 240 g/mol. The van der Waals surface area contributed by atoms with Crippen LogP contribution in [-0.4, -0.2) is 16.0 Å². The van der Waals surface area contributed by atoms with Crippen molar-refractivity contribution < 1.29 is 15.0 Å². The van der Waals surface area contributed by atoms with E-state index in [0.29, 0.717) is 12.0 Å². The zero-order valence-corrected chi connectivity index (χ0v) is 10.8. The van der Waals surface area contributed by atoms with E-state index >= 15 is 0 Å². The van der Waals surface area contributed by atoms with Gasteiger partial charge in [0.05, 0.1) is 5.56 Å². The van der Waals surface area contributed by atoms with E-state index in [1.807, 2.05) is 30.3 Å². The summed E-state index contributed by atoms with van der Waals surface area (Å²) in [6.07, 6.45) is 1.40. The van der Waals surface area contributed by atoms with E-state index in [-0.39, 0.29) is 22.8 Å². The molecule has 0 aliphatic heterocycles. The highest BCUT2D eigenvalue weighted by Crippen LogP contribution is 2.28. The minimum Gasteiger partial charge on any atom is -0.508 e. The smallest absolute Gasteiger partial charge is 0.163 e. The van der Waals surface area contributed by atoms with Crippen LogP contribution in [0.4, 0.5) is 0 Å². The van der Waals surface area contributed by atoms with Crippen LogP contribution >= 0.6 is 0 Å². The van der Waals surface area contributed by atoms with Gasteiger partial charge in [0.15, 0.2) is 5.78 Å². The molecule has 0 amide bonds. The van der Waals surface area contributed by atoms with Gasteiger partial charge in [0, 0.05) is 6.07 Å². The Balaban J connectivity index is 2.21. The van der Waals surface area contributed by atoms with Gasteiger partial charge in [-0.2, -0.15) is 0 Å². The van der Waals surface area contributed by atoms with E-state index in [1.54, 1.807) is 6.07 Å². The molecule has 0 atom stereocenters. The largest absolute Gasteiger partial charge is 0.508 e. The third-order valence-electron chi connectivity index (χ3n) is 3.10. The molecule has 3 heteroatoms. The summed E-state index contributed by atoms with van der Waals surface area (Å²) >= 11 is 0. The number of aromatic hydroxyl groups is 2. The fraction of sp³-hybridized carbons (Fsp3) is 0.188. The average Bonchev–Trinajstić information content (AvgIpc) is 2.38. The van der Waals surface area contributed by atoms with Crippen molar-refractivity contribution in [2.24, 2.45) is 0 Å². The van der Waals surface area contributed by atoms with Gasteiger partial charge in [0.25, 0.3) is 0 Å². The summed E-state index contributed by atoms with van der Waals surface area (Å²) in [6, 6.07) is 12.7. The third-order valence-corrected chi connectivity index (χ3v) is 3.10. The molecule has 0 heterocycles. The molecule has 0 aromatic heterocycles. The summed E-state index contributed by atoms with van der Waals surface area (Å²) in [7, 11) is 0. The Morgan fingerprint density at radius 1 is 1.00 bits per heavy atom. The maximum absolute atomic E-state index is 11.4. The van der Waals surface area contributed by atoms with Gasteiger partial charge < -0.3 is 10.2 Å². The van der Waals surface area contributed by atoms with Crippen LogP contribution in [0.3, 0.4) is 0 Å². The fourth-order valence-corrected chi connectivity index (χ4v) is 2.03. The number of carbonyl (C=O) groups is 1. The summed E-state index contributed by atoms with van der Waals surface area (Å²) in [5, 5.41) is 19.4. The molecule has 0 aliphatic rings. The van der Waals surface area contributed by atoms with Gasteiger partial charge in [0.2, 0.25) is 0 Å². The summed E-state index contributed by atoms with van der Waals surface area (Å²) < 4.78 is 0. The van der Waals surface area contributed by atoms with Crippen molar-refractivity contribution in [1.82, 2.24) is 0 Å². The lowest BCUT2D eigenvalue weighted by atomic mass is 10.00. The number of phenols is 2. The molecule has 2 aromatic rings. The van der Waals surface area contributed by atoms with Crippen molar-refractivity contribution in [3.8, 4) is 11.5 Å². The van der Waals surface area contributed by atoms with E-state index in [0.717, 1.165) is 6.42 Å². The summed E-state index contributed by atoms with van der Waals surface area (Å²) in [4.78, 5) is 11.4. The van der Waals surface area contributed by atoms with Crippen LogP contribution in [0.25, 0.3) is 0 Å². The molecule has 0 bridgehead atoms. The monoisotopic (exact) mass is 256 g/mol. The van der Waals surface area contributed by atoms with Gasteiger partial charge in [-0.05, 0) is 37.0 Å². The number of benzene rings is 2. The van der Waals surface area contributed by atoms with E-state index < -0.39 is 0 Å².